The second-order valence-electron chi connectivity index (χ2n) is 7.48. The number of hydrogen-bond donors (Lipinski definition) is 1. The number of nitrogens with one attached hydrogen (secondary N) is 1. The van der Waals surface area contributed by atoms with Gasteiger partial charge in [-0.15, -0.1) is 0 Å². The Hall–Kier alpha value is -2.47. The monoisotopic (exact) mass is 350 g/mol. The highest BCUT2D eigenvalue weighted by Gasteiger charge is 2.52. The van der Waals surface area contributed by atoms with Crippen molar-refractivity contribution in [3.63, 3.8) is 0 Å². The molecule has 3 heterocycles. The lowest BCUT2D eigenvalue weighted by molar-refractivity contribution is -0.126. The molecule has 1 saturated carbocycles. The summed E-state index contributed by atoms with van der Waals surface area (Å²) in [5, 5.41) is 3.26. The fourth-order valence-corrected chi connectivity index (χ4v) is 4.15. The van der Waals surface area contributed by atoms with Crippen LogP contribution in [0.4, 0.5) is 17.3 Å². The third-order valence-electron chi connectivity index (χ3n) is 5.76. The normalized spacial score (nSPS) is 21.1. The number of hydrogen-bond acceptors (Lipinski definition) is 5. The van der Waals surface area contributed by atoms with Gasteiger partial charge < -0.3 is 15.0 Å². The lowest BCUT2D eigenvalue weighted by Crippen LogP contribution is -2.44. The number of fused-ring (bicyclic) bond motifs is 2. The summed E-state index contributed by atoms with van der Waals surface area (Å²) in [5.41, 5.74) is 2.69. The van der Waals surface area contributed by atoms with Crippen LogP contribution in [0.5, 0.6) is 0 Å². The molecular formula is C20H22N4O2. The van der Waals surface area contributed by atoms with Crippen molar-refractivity contribution in [2.45, 2.75) is 31.1 Å². The lowest BCUT2D eigenvalue weighted by Gasteiger charge is -2.32. The molecule has 1 spiro atoms. The van der Waals surface area contributed by atoms with Crippen molar-refractivity contribution < 1.29 is 9.53 Å². The molecule has 0 radical (unpaired) electrons. The highest BCUT2D eigenvalue weighted by atomic mass is 16.5. The van der Waals surface area contributed by atoms with E-state index >= 15 is 0 Å². The summed E-state index contributed by atoms with van der Waals surface area (Å²) in [6, 6.07) is 7.99. The van der Waals surface area contributed by atoms with Gasteiger partial charge in [0.15, 0.2) is 0 Å². The molecule has 0 unspecified atom stereocenters. The van der Waals surface area contributed by atoms with E-state index in [-0.39, 0.29) is 5.91 Å². The molecule has 6 heteroatoms. The molecule has 5 rings (SSSR count). The van der Waals surface area contributed by atoms with Crippen molar-refractivity contribution in [3.8, 4) is 0 Å². The smallest absolute Gasteiger partial charge is 0.237 e. The topological polar surface area (TPSA) is 67.4 Å². The molecule has 0 bridgehead atoms. The maximum Gasteiger partial charge on any atom is 0.237 e. The molecule has 3 aliphatic rings. The number of benzene rings is 1. The Bertz CT molecular complexity index is 829. The number of amides is 1. The minimum Gasteiger partial charge on any atom is -0.381 e. The van der Waals surface area contributed by atoms with E-state index in [0.29, 0.717) is 25.1 Å². The van der Waals surface area contributed by atoms with Crippen LogP contribution < -0.4 is 10.2 Å². The predicted octanol–water partition coefficient (Wildman–Crippen LogP) is 3.03. The van der Waals surface area contributed by atoms with Crippen molar-refractivity contribution in [1.82, 2.24) is 9.97 Å². The average Bonchev–Trinajstić information content (AvgIpc) is 3.48. The largest absolute Gasteiger partial charge is 0.381 e. The summed E-state index contributed by atoms with van der Waals surface area (Å²) in [7, 11) is 0. The van der Waals surface area contributed by atoms with Crippen molar-refractivity contribution in [1.29, 1.82) is 0 Å². The van der Waals surface area contributed by atoms with Crippen LogP contribution in [0.3, 0.4) is 0 Å². The van der Waals surface area contributed by atoms with E-state index in [1.165, 1.54) is 12.8 Å². The third-order valence-corrected chi connectivity index (χ3v) is 5.76. The molecule has 134 valence electrons. The summed E-state index contributed by atoms with van der Waals surface area (Å²) < 4.78 is 5.57. The molecule has 1 aromatic carbocycles. The van der Waals surface area contributed by atoms with Crippen LogP contribution in [-0.4, -0.2) is 35.6 Å². The maximum absolute atomic E-state index is 13.4. The van der Waals surface area contributed by atoms with Gasteiger partial charge >= 0.3 is 0 Å². The van der Waals surface area contributed by atoms with Gasteiger partial charge in [0, 0.05) is 43.5 Å². The van der Waals surface area contributed by atoms with Gasteiger partial charge in [-0.3, -0.25) is 4.79 Å². The quantitative estimate of drug-likeness (QED) is 0.918. The summed E-state index contributed by atoms with van der Waals surface area (Å²) in [5.74, 6) is 1.49. The van der Waals surface area contributed by atoms with Crippen LogP contribution >= 0.6 is 0 Å². The molecule has 1 amide bonds. The molecule has 2 aromatic rings. The lowest BCUT2D eigenvalue weighted by atomic mass is 9.75. The first-order chi connectivity index (χ1) is 12.8. The summed E-state index contributed by atoms with van der Waals surface area (Å²) in [4.78, 5) is 23.9. The van der Waals surface area contributed by atoms with E-state index in [1.54, 1.807) is 18.5 Å². The SMILES string of the molecule is O=C1N(CC2CC2)c2ccc(Nc3ncccn3)cc2C12CCOCC2. The number of nitrogens with zero attached hydrogens (tertiary/aromatic N) is 3. The van der Waals surface area contributed by atoms with Gasteiger partial charge in [0.05, 0.1) is 5.41 Å². The van der Waals surface area contributed by atoms with Crippen molar-refractivity contribution in [3.05, 3.63) is 42.2 Å². The zero-order valence-corrected chi connectivity index (χ0v) is 14.6. The van der Waals surface area contributed by atoms with Gasteiger partial charge in [0.25, 0.3) is 0 Å². The van der Waals surface area contributed by atoms with E-state index in [4.69, 9.17) is 4.74 Å². The van der Waals surface area contributed by atoms with Gasteiger partial charge in [-0.1, -0.05) is 0 Å². The first-order valence-corrected chi connectivity index (χ1v) is 9.35. The Balaban J connectivity index is 1.53. The van der Waals surface area contributed by atoms with E-state index in [2.05, 4.69) is 27.4 Å². The third kappa shape index (κ3) is 2.56. The van der Waals surface area contributed by atoms with Crippen LogP contribution in [0.25, 0.3) is 0 Å². The predicted molar refractivity (Wildman–Crippen MR) is 98.6 cm³/mol. The Morgan fingerprint density at radius 1 is 1.19 bits per heavy atom. The Morgan fingerprint density at radius 3 is 2.69 bits per heavy atom. The molecule has 1 aromatic heterocycles. The van der Waals surface area contributed by atoms with Gasteiger partial charge in [0.2, 0.25) is 11.9 Å². The van der Waals surface area contributed by atoms with Crippen molar-refractivity contribution in [2.24, 2.45) is 5.92 Å². The van der Waals surface area contributed by atoms with Gasteiger partial charge in [-0.25, -0.2) is 9.97 Å². The minimum atomic E-state index is -0.433. The summed E-state index contributed by atoms with van der Waals surface area (Å²) >= 11 is 0. The van der Waals surface area contributed by atoms with Crippen LogP contribution in [0, 0.1) is 5.92 Å². The van der Waals surface area contributed by atoms with Gasteiger partial charge in [-0.05, 0) is 61.4 Å². The molecule has 1 saturated heterocycles. The van der Waals surface area contributed by atoms with Gasteiger partial charge in [-0.2, -0.15) is 0 Å². The zero-order chi connectivity index (χ0) is 17.6. The minimum absolute atomic E-state index is 0.260. The number of rotatable bonds is 4. The fraction of sp³-hybridized carbons (Fsp3) is 0.450. The number of carbonyl (C=O) groups is 1. The number of carbonyl (C=O) groups excluding carboxylic acids is 1. The molecule has 6 nitrogen and oxygen atoms in total. The standard InChI is InChI=1S/C20H22N4O2/c25-18-20(6-10-26-11-7-20)16-12-15(23-19-21-8-1-9-22-19)4-5-17(16)24(18)13-14-2-3-14/h1,4-5,8-9,12,14H,2-3,6-7,10-11,13H2,(H,21,22,23). The van der Waals surface area contributed by atoms with Gasteiger partial charge in [0.1, 0.15) is 0 Å². The average molecular weight is 350 g/mol. The first-order valence-electron chi connectivity index (χ1n) is 9.35. The summed E-state index contributed by atoms with van der Waals surface area (Å²) in [6.07, 6.45) is 7.41. The van der Waals surface area contributed by atoms with E-state index in [0.717, 1.165) is 36.3 Å². The summed E-state index contributed by atoms with van der Waals surface area (Å²) in [6.45, 7) is 2.13. The van der Waals surface area contributed by atoms with E-state index in [9.17, 15) is 4.79 Å². The molecular weight excluding hydrogens is 328 g/mol. The molecule has 1 N–H and O–H groups in total. The van der Waals surface area contributed by atoms with Crippen molar-refractivity contribution >= 4 is 23.2 Å². The highest BCUT2D eigenvalue weighted by Crippen LogP contribution is 2.49. The van der Waals surface area contributed by atoms with E-state index in [1.807, 2.05) is 11.0 Å². The van der Waals surface area contributed by atoms with Crippen LogP contribution in [0.15, 0.2) is 36.7 Å². The molecule has 1 aliphatic carbocycles. The van der Waals surface area contributed by atoms with Crippen molar-refractivity contribution in [2.75, 3.05) is 30.0 Å². The maximum atomic E-state index is 13.4. The Labute approximate surface area is 152 Å². The zero-order valence-electron chi connectivity index (χ0n) is 14.6. The fourth-order valence-electron chi connectivity index (χ4n) is 4.15. The van der Waals surface area contributed by atoms with Crippen LogP contribution in [0.2, 0.25) is 0 Å². The van der Waals surface area contributed by atoms with Crippen LogP contribution in [-0.2, 0) is 14.9 Å². The Kier molecular flexibility index (Phi) is 3.67. The Morgan fingerprint density at radius 2 is 1.96 bits per heavy atom. The molecule has 2 fully saturated rings. The second-order valence-corrected chi connectivity index (χ2v) is 7.48. The first kappa shape index (κ1) is 15.8. The highest BCUT2D eigenvalue weighted by molar-refractivity contribution is 6.08. The second kappa shape index (κ2) is 6.06. The van der Waals surface area contributed by atoms with Crippen LogP contribution in [0.1, 0.15) is 31.2 Å². The van der Waals surface area contributed by atoms with E-state index < -0.39 is 5.41 Å². The molecule has 2 aliphatic heterocycles. The number of aromatic nitrogens is 2. The number of ether oxygens (including phenoxy) is 1. The molecule has 26 heavy (non-hydrogen) atoms. The number of anilines is 3. The molecule has 0 atom stereocenters.